The van der Waals surface area contributed by atoms with E-state index < -0.39 is 0 Å². The summed E-state index contributed by atoms with van der Waals surface area (Å²) >= 11 is 0. The van der Waals surface area contributed by atoms with E-state index in [0.29, 0.717) is 5.92 Å². The lowest BCUT2D eigenvalue weighted by atomic mass is 10.0. The van der Waals surface area contributed by atoms with Crippen molar-refractivity contribution >= 4 is 17.1 Å². The van der Waals surface area contributed by atoms with Crippen LogP contribution in [0, 0.1) is 5.92 Å². The third-order valence-corrected chi connectivity index (χ3v) is 4.21. The smallest absolute Gasteiger partial charge is 0.0652 e. The molecule has 0 bridgehead atoms. The second-order valence-electron chi connectivity index (χ2n) is 5.71. The Balaban J connectivity index is 1.95. The highest BCUT2D eigenvalue weighted by Crippen LogP contribution is 2.29. The van der Waals surface area contributed by atoms with Crippen molar-refractivity contribution in [3.63, 3.8) is 0 Å². The maximum Gasteiger partial charge on any atom is 0.0652 e. The van der Waals surface area contributed by atoms with Gasteiger partial charge in [-0.3, -0.25) is 0 Å². The fourth-order valence-electron chi connectivity index (χ4n) is 2.99. The molecule has 1 saturated carbocycles. The topological polar surface area (TPSA) is 15.6 Å². The van der Waals surface area contributed by atoms with E-state index in [1.807, 2.05) is 12.1 Å². The molecular weight excluding hydrogens is 256 g/mol. The molecule has 2 aromatic carbocycles. The highest BCUT2D eigenvalue weighted by atomic mass is 15.5. The second-order valence-corrected chi connectivity index (χ2v) is 5.71. The Morgan fingerprint density at radius 2 is 1.33 bits per heavy atom. The number of rotatable bonds is 4. The number of hydrazone groups is 1. The zero-order valence-corrected chi connectivity index (χ0v) is 12.6. The molecule has 0 spiro atoms. The largest absolute Gasteiger partial charge is 0.234 e. The van der Waals surface area contributed by atoms with Crippen molar-refractivity contribution in [2.24, 2.45) is 11.0 Å². The van der Waals surface area contributed by atoms with Crippen LogP contribution in [0.15, 0.2) is 65.8 Å². The fourth-order valence-corrected chi connectivity index (χ4v) is 2.99. The van der Waals surface area contributed by atoms with Gasteiger partial charge in [-0.2, -0.15) is 5.10 Å². The molecule has 1 aliphatic carbocycles. The van der Waals surface area contributed by atoms with Crippen LogP contribution >= 0.6 is 0 Å². The second kappa shape index (κ2) is 6.57. The van der Waals surface area contributed by atoms with Crippen LogP contribution in [0.2, 0.25) is 0 Å². The van der Waals surface area contributed by atoms with Gasteiger partial charge in [0, 0.05) is 5.71 Å². The molecule has 3 rings (SSSR count). The molecule has 1 fully saturated rings. The summed E-state index contributed by atoms with van der Waals surface area (Å²) in [7, 11) is 0. The zero-order valence-electron chi connectivity index (χ0n) is 12.6. The van der Waals surface area contributed by atoms with Gasteiger partial charge in [-0.1, -0.05) is 49.2 Å². The lowest BCUT2D eigenvalue weighted by Crippen LogP contribution is -2.16. The van der Waals surface area contributed by atoms with E-state index in [1.54, 1.807) is 0 Å². The third kappa shape index (κ3) is 3.33. The standard InChI is InChI=1S/C19H22N2/c1-16(17-10-8-9-11-17)20-21(18-12-4-2-5-13-18)19-14-6-3-7-15-19/h2-7,12-15,17H,8-11H2,1H3/b20-16+. The molecule has 0 unspecified atom stereocenters. The predicted molar refractivity (Wildman–Crippen MR) is 90.1 cm³/mol. The summed E-state index contributed by atoms with van der Waals surface area (Å²) < 4.78 is 0. The van der Waals surface area contributed by atoms with Gasteiger partial charge in [0.15, 0.2) is 0 Å². The van der Waals surface area contributed by atoms with Gasteiger partial charge >= 0.3 is 0 Å². The van der Waals surface area contributed by atoms with Crippen molar-refractivity contribution in [2.45, 2.75) is 32.6 Å². The zero-order chi connectivity index (χ0) is 14.5. The number of hydrogen-bond acceptors (Lipinski definition) is 2. The lowest BCUT2D eigenvalue weighted by molar-refractivity contribution is 0.720. The summed E-state index contributed by atoms with van der Waals surface area (Å²) in [6, 6.07) is 20.8. The summed E-state index contributed by atoms with van der Waals surface area (Å²) in [6.45, 7) is 2.18. The minimum atomic E-state index is 0.653. The average Bonchev–Trinajstić information content (AvgIpc) is 3.09. The summed E-state index contributed by atoms with van der Waals surface area (Å²) in [6.07, 6.45) is 5.25. The quantitative estimate of drug-likeness (QED) is 0.540. The van der Waals surface area contributed by atoms with Crippen LogP contribution in [-0.4, -0.2) is 5.71 Å². The highest BCUT2D eigenvalue weighted by molar-refractivity contribution is 5.86. The van der Waals surface area contributed by atoms with Gasteiger partial charge < -0.3 is 0 Å². The van der Waals surface area contributed by atoms with Crippen LogP contribution in [0.3, 0.4) is 0 Å². The summed E-state index contributed by atoms with van der Waals surface area (Å²) in [5, 5.41) is 7.01. The van der Waals surface area contributed by atoms with Gasteiger partial charge in [-0.25, -0.2) is 5.01 Å². The van der Waals surface area contributed by atoms with Crippen LogP contribution in [0.25, 0.3) is 0 Å². The minimum absolute atomic E-state index is 0.653. The molecular formula is C19H22N2. The first-order chi connectivity index (χ1) is 10.3. The first kappa shape index (κ1) is 13.9. The molecule has 21 heavy (non-hydrogen) atoms. The monoisotopic (exact) mass is 278 g/mol. The molecule has 2 nitrogen and oxygen atoms in total. The summed E-state index contributed by atoms with van der Waals surface area (Å²) in [4.78, 5) is 0. The normalized spacial score (nSPS) is 16.1. The molecule has 0 aliphatic heterocycles. The number of benzene rings is 2. The van der Waals surface area contributed by atoms with E-state index >= 15 is 0 Å². The van der Waals surface area contributed by atoms with E-state index in [2.05, 4.69) is 60.5 Å². The minimum Gasteiger partial charge on any atom is -0.234 e. The number of para-hydroxylation sites is 2. The van der Waals surface area contributed by atoms with E-state index in [1.165, 1.54) is 31.4 Å². The maximum absolute atomic E-state index is 4.95. The Hall–Kier alpha value is -2.09. The Labute approximate surface area is 127 Å². The molecule has 0 saturated heterocycles. The van der Waals surface area contributed by atoms with E-state index in [9.17, 15) is 0 Å². The van der Waals surface area contributed by atoms with E-state index in [0.717, 1.165) is 11.4 Å². The van der Waals surface area contributed by atoms with Crippen molar-refractivity contribution in [1.29, 1.82) is 0 Å². The molecule has 0 N–H and O–H groups in total. The molecule has 0 aromatic heterocycles. The van der Waals surface area contributed by atoms with Gasteiger partial charge in [0.05, 0.1) is 11.4 Å². The molecule has 0 amide bonds. The average molecular weight is 278 g/mol. The maximum atomic E-state index is 4.95. The van der Waals surface area contributed by atoms with Crippen LogP contribution in [-0.2, 0) is 0 Å². The molecule has 0 radical (unpaired) electrons. The van der Waals surface area contributed by atoms with E-state index in [4.69, 9.17) is 5.10 Å². The number of nitrogens with zero attached hydrogens (tertiary/aromatic N) is 2. The summed E-state index contributed by atoms with van der Waals surface area (Å²) in [5.74, 6) is 0.653. The van der Waals surface area contributed by atoms with Crippen LogP contribution in [0.1, 0.15) is 32.6 Å². The summed E-state index contributed by atoms with van der Waals surface area (Å²) in [5.41, 5.74) is 3.47. The Morgan fingerprint density at radius 3 is 1.81 bits per heavy atom. The number of anilines is 2. The Kier molecular flexibility index (Phi) is 4.34. The molecule has 0 atom stereocenters. The highest BCUT2D eigenvalue weighted by Gasteiger charge is 2.19. The molecule has 108 valence electrons. The third-order valence-electron chi connectivity index (χ3n) is 4.21. The van der Waals surface area contributed by atoms with Crippen molar-refractivity contribution < 1.29 is 0 Å². The SMILES string of the molecule is C/C(=N\N(c1ccccc1)c1ccccc1)C1CCCC1. The Bertz CT molecular complexity index is 544. The molecule has 2 heteroatoms. The molecule has 2 aromatic rings. The lowest BCUT2D eigenvalue weighted by Gasteiger charge is -2.22. The van der Waals surface area contributed by atoms with Crippen LogP contribution in [0.4, 0.5) is 11.4 Å². The first-order valence-electron chi connectivity index (χ1n) is 7.80. The van der Waals surface area contributed by atoms with Crippen molar-refractivity contribution in [3.8, 4) is 0 Å². The van der Waals surface area contributed by atoms with Crippen molar-refractivity contribution in [3.05, 3.63) is 60.7 Å². The van der Waals surface area contributed by atoms with Gasteiger partial charge in [-0.05, 0) is 49.9 Å². The van der Waals surface area contributed by atoms with Gasteiger partial charge in [0.25, 0.3) is 0 Å². The van der Waals surface area contributed by atoms with Crippen LogP contribution < -0.4 is 5.01 Å². The molecule has 0 heterocycles. The first-order valence-corrected chi connectivity index (χ1v) is 7.80. The van der Waals surface area contributed by atoms with Gasteiger partial charge in [0.2, 0.25) is 0 Å². The van der Waals surface area contributed by atoms with Crippen molar-refractivity contribution in [1.82, 2.24) is 0 Å². The number of hydrogen-bond donors (Lipinski definition) is 0. The fraction of sp³-hybridized carbons (Fsp3) is 0.316. The van der Waals surface area contributed by atoms with Gasteiger partial charge in [-0.15, -0.1) is 0 Å². The van der Waals surface area contributed by atoms with Crippen LogP contribution in [0.5, 0.6) is 0 Å². The van der Waals surface area contributed by atoms with Gasteiger partial charge in [0.1, 0.15) is 0 Å². The predicted octanol–water partition coefficient (Wildman–Crippen LogP) is 5.39. The van der Waals surface area contributed by atoms with E-state index in [-0.39, 0.29) is 0 Å². The molecule has 1 aliphatic rings. The van der Waals surface area contributed by atoms with Crippen molar-refractivity contribution in [2.75, 3.05) is 5.01 Å². The Morgan fingerprint density at radius 1 is 0.857 bits per heavy atom.